The van der Waals surface area contributed by atoms with E-state index in [0.717, 1.165) is 12.2 Å². The quantitative estimate of drug-likeness (QED) is 0.862. The molecule has 15 heavy (non-hydrogen) atoms. The smallest absolute Gasteiger partial charge is 0.163 e. The summed E-state index contributed by atoms with van der Waals surface area (Å²) in [4.78, 5) is 8.41. The van der Waals surface area contributed by atoms with Crippen LogP contribution in [0.4, 0.5) is 0 Å². The minimum Gasteiger partial charge on any atom is -0.378 e. The molecule has 80 valence electrons. The van der Waals surface area contributed by atoms with Crippen LogP contribution in [0.1, 0.15) is 29.6 Å². The van der Waals surface area contributed by atoms with Crippen LogP contribution in [0.25, 0.3) is 0 Å². The van der Waals surface area contributed by atoms with Crippen LogP contribution in [0.5, 0.6) is 0 Å². The second-order valence-electron chi connectivity index (χ2n) is 3.30. The van der Waals surface area contributed by atoms with Crippen LogP contribution in [0.3, 0.4) is 0 Å². The van der Waals surface area contributed by atoms with Crippen molar-refractivity contribution in [2.45, 2.75) is 26.5 Å². The molecule has 0 bridgehead atoms. The summed E-state index contributed by atoms with van der Waals surface area (Å²) in [6, 6.07) is 0. The van der Waals surface area contributed by atoms with Gasteiger partial charge in [0.2, 0.25) is 0 Å². The first-order chi connectivity index (χ1) is 7.22. The predicted octanol–water partition coefficient (Wildman–Crippen LogP) is 1.75. The minimum atomic E-state index is -0.710. The first-order valence-electron chi connectivity index (χ1n) is 4.83. The van der Waals surface area contributed by atoms with Crippen molar-refractivity contribution >= 4 is 11.3 Å². The van der Waals surface area contributed by atoms with Gasteiger partial charge < -0.3 is 9.67 Å². The number of aryl methyl sites for hydroxylation is 2. The Balaban J connectivity index is 2.31. The summed E-state index contributed by atoms with van der Waals surface area (Å²) >= 11 is 1.46. The zero-order chi connectivity index (χ0) is 10.8. The highest BCUT2D eigenvalue weighted by atomic mass is 32.1. The largest absolute Gasteiger partial charge is 0.378 e. The molecule has 2 aromatic rings. The van der Waals surface area contributed by atoms with Crippen molar-refractivity contribution in [2.75, 3.05) is 0 Å². The van der Waals surface area contributed by atoms with E-state index >= 15 is 0 Å². The fraction of sp³-hybridized carbons (Fsp3) is 0.400. The van der Waals surface area contributed by atoms with Crippen LogP contribution in [0, 0.1) is 6.92 Å². The molecular formula is C10H13N3OS. The number of aliphatic hydroxyl groups is 1. The zero-order valence-corrected chi connectivity index (χ0v) is 9.53. The van der Waals surface area contributed by atoms with Gasteiger partial charge in [-0.2, -0.15) is 0 Å². The molecule has 0 fully saturated rings. The van der Waals surface area contributed by atoms with E-state index in [2.05, 4.69) is 9.97 Å². The lowest BCUT2D eigenvalue weighted by atomic mass is 10.3. The molecule has 0 aliphatic rings. The Morgan fingerprint density at radius 2 is 2.40 bits per heavy atom. The summed E-state index contributed by atoms with van der Waals surface area (Å²) < 4.78 is 1.92. The maximum atomic E-state index is 10.1. The van der Waals surface area contributed by atoms with Gasteiger partial charge in [0.25, 0.3) is 0 Å². The summed E-state index contributed by atoms with van der Waals surface area (Å²) in [6.07, 6.45) is 2.85. The van der Waals surface area contributed by atoms with Crippen molar-refractivity contribution in [1.82, 2.24) is 14.5 Å². The number of aliphatic hydroxyl groups excluding tert-OH is 1. The fourth-order valence-electron chi connectivity index (χ4n) is 1.44. The molecule has 1 atom stereocenters. The third-order valence-electron chi connectivity index (χ3n) is 2.20. The molecule has 2 rings (SSSR count). The summed E-state index contributed by atoms with van der Waals surface area (Å²) in [5, 5.41) is 12.7. The number of hydrogen-bond acceptors (Lipinski definition) is 4. The highest BCUT2D eigenvalue weighted by Crippen LogP contribution is 2.23. The van der Waals surface area contributed by atoms with Gasteiger partial charge in [0.15, 0.2) is 6.10 Å². The van der Waals surface area contributed by atoms with Gasteiger partial charge in [-0.1, -0.05) is 0 Å². The van der Waals surface area contributed by atoms with E-state index < -0.39 is 6.10 Å². The van der Waals surface area contributed by atoms with E-state index in [9.17, 15) is 5.11 Å². The van der Waals surface area contributed by atoms with Crippen LogP contribution in [-0.4, -0.2) is 19.6 Å². The van der Waals surface area contributed by atoms with E-state index in [0.29, 0.717) is 10.8 Å². The zero-order valence-electron chi connectivity index (χ0n) is 8.71. The van der Waals surface area contributed by atoms with Crippen molar-refractivity contribution < 1.29 is 5.11 Å². The number of hydrogen-bond donors (Lipinski definition) is 1. The molecule has 5 heteroatoms. The Kier molecular flexibility index (Phi) is 2.83. The summed E-state index contributed by atoms with van der Waals surface area (Å²) in [5.74, 6) is 0.659. The average Bonchev–Trinajstić information content (AvgIpc) is 2.84. The van der Waals surface area contributed by atoms with Crippen molar-refractivity contribution in [3.05, 3.63) is 34.3 Å². The lowest BCUT2D eigenvalue weighted by molar-refractivity contribution is 0.204. The normalized spacial score (nSPS) is 13.0. The molecule has 1 N–H and O–H groups in total. The third kappa shape index (κ3) is 1.93. The molecule has 2 aromatic heterocycles. The van der Waals surface area contributed by atoms with Gasteiger partial charge in [-0.3, -0.25) is 0 Å². The van der Waals surface area contributed by atoms with Crippen LogP contribution in [-0.2, 0) is 6.54 Å². The second kappa shape index (κ2) is 4.12. The lowest BCUT2D eigenvalue weighted by Gasteiger charge is -2.08. The Bertz CT molecular complexity index is 449. The highest BCUT2D eigenvalue weighted by Gasteiger charge is 2.18. The summed E-state index contributed by atoms with van der Waals surface area (Å²) in [6.45, 7) is 4.74. The fourth-order valence-corrected chi connectivity index (χ4v) is 2.22. The number of nitrogens with zero attached hydrogens (tertiary/aromatic N) is 3. The van der Waals surface area contributed by atoms with Crippen LogP contribution in [0.15, 0.2) is 17.8 Å². The maximum absolute atomic E-state index is 10.1. The Labute approximate surface area is 92.2 Å². The summed E-state index contributed by atoms with van der Waals surface area (Å²) in [5.41, 5.74) is 0.934. The first kappa shape index (κ1) is 10.3. The van der Waals surface area contributed by atoms with Crippen LogP contribution < -0.4 is 0 Å². The van der Waals surface area contributed by atoms with Gasteiger partial charge >= 0.3 is 0 Å². The van der Waals surface area contributed by atoms with E-state index in [1.807, 2.05) is 30.0 Å². The number of imidazole rings is 1. The van der Waals surface area contributed by atoms with E-state index in [-0.39, 0.29) is 0 Å². The van der Waals surface area contributed by atoms with Gasteiger partial charge in [0.05, 0.1) is 0 Å². The molecule has 0 radical (unpaired) electrons. The maximum Gasteiger partial charge on any atom is 0.163 e. The Morgan fingerprint density at radius 1 is 1.60 bits per heavy atom. The highest BCUT2D eigenvalue weighted by molar-refractivity contribution is 7.09. The SMILES string of the molecule is CCn1ccnc1C(O)c1nc(C)cs1. The standard InChI is InChI=1S/C10H13N3OS/c1-3-13-5-4-11-9(13)8(14)10-12-7(2)6-15-10/h4-6,8,14H,3H2,1-2H3. The van der Waals surface area contributed by atoms with Gasteiger partial charge in [0, 0.05) is 30.0 Å². The summed E-state index contributed by atoms with van der Waals surface area (Å²) in [7, 11) is 0. The van der Waals surface area contributed by atoms with E-state index in [1.54, 1.807) is 6.20 Å². The number of thiazole rings is 1. The average molecular weight is 223 g/mol. The van der Waals surface area contributed by atoms with Gasteiger partial charge in [-0.05, 0) is 13.8 Å². The van der Waals surface area contributed by atoms with Gasteiger partial charge in [-0.25, -0.2) is 9.97 Å². The molecule has 1 unspecified atom stereocenters. The van der Waals surface area contributed by atoms with Crippen LogP contribution in [0.2, 0.25) is 0 Å². The lowest BCUT2D eigenvalue weighted by Crippen LogP contribution is -2.08. The molecule has 0 saturated heterocycles. The third-order valence-corrected chi connectivity index (χ3v) is 3.22. The molecule has 0 amide bonds. The molecule has 0 saturated carbocycles. The minimum absolute atomic E-state index is 0.659. The Hall–Kier alpha value is -1.20. The first-order valence-corrected chi connectivity index (χ1v) is 5.71. The topological polar surface area (TPSA) is 50.9 Å². The number of aromatic nitrogens is 3. The molecular weight excluding hydrogens is 210 g/mol. The molecule has 0 spiro atoms. The molecule has 2 heterocycles. The van der Waals surface area contributed by atoms with Crippen molar-refractivity contribution in [2.24, 2.45) is 0 Å². The number of rotatable bonds is 3. The molecule has 0 aliphatic heterocycles. The predicted molar refractivity (Wildman–Crippen MR) is 58.8 cm³/mol. The van der Waals surface area contributed by atoms with Gasteiger partial charge in [0.1, 0.15) is 10.8 Å². The van der Waals surface area contributed by atoms with Crippen molar-refractivity contribution in [1.29, 1.82) is 0 Å². The van der Waals surface area contributed by atoms with Crippen LogP contribution >= 0.6 is 11.3 Å². The van der Waals surface area contributed by atoms with Gasteiger partial charge in [-0.15, -0.1) is 11.3 Å². The van der Waals surface area contributed by atoms with Crippen molar-refractivity contribution in [3.63, 3.8) is 0 Å². The Morgan fingerprint density at radius 3 is 3.00 bits per heavy atom. The molecule has 4 nitrogen and oxygen atoms in total. The second-order valence-corrected chi connectivity index (χ2v) is 4.19. The molecule has 0 aromatic carbocycles. The molecule has 0 aliphatic carbocycles. The van der Waals surface area contributed by atoms with E-state index in [1.165, 1.54) is 11.3 Å². The monoisotopic (exact) mass is 223 g/mol. The van der Waals surface area contributed by atoms with E-state index in [4.69, 9.17) is 0 Å². The van der Waals surface area contributed by atoms with Crippen molar-refractivity contribution in [3.8, 4) is 0 Å².